The summed E-state index contributed by atoms with van der Waals surface area (Å²) in [7, 11) is -3.97. The van der Waals surface area contributed by atoms with Crippen molar-refractivity contribution in [1.29, 1.82) is 0 Å². The molecule has 9 nitrogen and oxygen atoms in total. The van der Waals surface area contributed by atoms with Crippen LogP contribution in [0.15, 0.2) is 43.3 Å². The molecular weight excluding hydrogens is 360 g/mol. The van der Waals surface area contributed by atoms with Gasteiger partial charge in [-0.1, -0.05) is 5.16 Å². The van der Waals surface area contributed by atoms with Gasteiger partial charge in [0.1, 0.15) is 5.76 Å². The van der Waals surface area contributed by atoms with Crippen LogP contribution in [0.2, 0.25) is 0 Å². The van der Waals surface area contributed by atoms with Crippen LogP contribution >= 0.6 is 0 Å². The minimum absolute atomic E-state index is 0.0482. The van der Waals surface area contributed by atoms with Crippen LogP contribution in [0.4, 0.5) is 5.82 Å². The maximum absolute atomic E-state index is 12.6. The van der Waals surface area contributed by atoms with Crippen LogP contribution in [0, 0.1) is 6.92 Å². The van der Waals surface area contributed by atoms with Crippen LogP contribution in [-0.4, -0.2) is 22.7 Å². The summed E-state index contributed by atoms with van der Waals surface area (Å²) in [6.07, 6.45) is 0. The molecule has 0 radical (unpaired) electrons. The standard InChI is InChI=1S/C16H18N4O5S/c1-4-19-13-7-6-11(9-12(13)15(21)20(5-2)16(19)22)26(23,24)18-14-8-10(3)25-17-14/h6-9H,4-5H2,1-3H3,(H,17,18). The number of rotatable bonds is 5. The van der Waals surface area contributed by atoms with Gasteiger partial charge < -0.3 is 4.52 Å². The lowest BCUT2D eigenvalue weighted by atomic mass is 10.2. The molecule has 0 amide bonds. The van der Waals surface area contributed by atoms with E-state index < -0.39 is 21.3 Å². The zero-order valence-corrected chi connectivity index (χ0v) is 15.3. The van der Waals surface area contributed by atoms with E-state index in [2.05, 4.69) is 9.88 Å². The lowest BCUT2D eigenvalue weighted by molar-refractivity contribution is 0.400. The highest BCUT2D eigenvalue weighted by atomic mass is 32.2. The number of hydrogen-bond donors (Lipinski definition) is 1. The van der Waals surface area contributed by atoms with E-state index >= 15 is 0 Å². The van der Waals surface area contributed by atoms with Crippen molar-refractivity contribution in [1.82, 2.24) is 14.3 Å². The molecule has 0 aliphatic rings. The summed E-state index contributed by atoms with van der Waals surface area (Å²) in [5.41, 5.74) is -0.547. The second-order valence-corrected chi connectivity index (χ2v) is 7.37. The normalized spacial score (nSPS) is 11.8. The predicted molar refractivity (Wildman–Crippen MR) is 95.9 cm³/mol. The average Bonchev–Trinajstić information content (AvgIpc) is 2.99. The van der Waals surface area contributed by atoms with E-state index in [1.807, 2.05) is 0 Å². The number of fused-ring (bicyclic) bond motifs is 1. The van der Waals surface area contributed by atoms with Crippen molar-refractivity contribution in [3.8, 4) is 0 Å². The Morgan fingerprint density at radius 2 is 1.81 bits per heavy atom. The molecule has 3 rings (SSSR count). The summed E-state index contributed by atoms with van der Waals surface area (Å²) in [6.45, 7) is 5.66. The lowest BCUT2D eigenvalue weighted by Gasteiger charge is -2.12. The Balaban J connectivity index is 2.20. The molecular formula is C16H18N4O5S. The number of anilines is 1. The molecule has 0 saturated heterocycles. The molecule has 2 aromatic heterocycles. The zero-order valence-electron chi connectivity index (χ0n) is 14.5. The third-order valence-electron chi connectivity index (χ3n) is 4.01. The maximum atomic E-state index is 12.6. The van der Waals surface area contributed by atoms with Gasteiger partial charge in [0, 0.05) is 19.2 Å². The fourth-order valence-electron chi connectivity index (χ4n) is 2.77. The van der Waals surface area contributed by atoms with E-state index in [9.17, 15) is 18.0 Å². The molecule has 0 atom stereocenters. The summed E-state index contributed by atoms with van der Waals surface area (Å²) in [5.74, 6) is 0.506. The minimum Gasteiger partial charge on any atom is -0.360 e. The highest BCUT2D eigenvalue weighted by Gasteiger charge is 2.19. The Bertz CT molecular complexity index is 1200. The van der Waals surface area contributed by atoms with Gasteiger partial charge in [-0.25, -0.2) is 13.2 Å². The van der Waals surface area contributed by atoms with Gasteiger partial charge in [0.15, 0.2) is 5.82 Å². The van der Waals surface area contributed by atoms with Gasteiger partial charge in [-0.3, -0.25) is 18.7 Å². The quantitative estimate of drug-likeness (QED) is 0.715. The monoisotopic (exact) mass is 378 g/mol. The van der Waals surface area contributed by atoms with Crippen molar-refractivity contribution in [2.75, 3.05) is 4.72 Å². The maximum Gasteiger partial charge on any atom is 0.331 e. The molecule has 26 heavy (non-hydrogen) atoms. The zero-order chi connectivity index (χ0) is 19.1. The van der Waals surface area contributed by atoms with Crippen molar-refractivity contribution in [3.63, 3.8) is 0 Å². The molecule has 10 heteroatoms. The Morgan fingerprint density at radius 1 is 1.12 bits per heavy atom. The first-order valence-electron chi connectivity index (χ1n) is 8.02. The topological polar surface area (TPSA) is 116 Å². The SMILES string of the molecule is CCn1c(=O)c2cc(S(=O)(=O)Nc3cc(C)on3)ccc2n(CC)c1=O. The smallest absolute Gasteiger partial charge is 0.331 e. The number of sulfonamides is 1. The summed E-state index contributed by atoms with van der Waals surface area (Å²) in [4.78, 5) is 24.9. The first-order chi connectivity index (χ1) is 12.3. The van der Waals surface area contributed by atoms with Gasteiger partial charge >= 0.3 is 5.69 Å². The molecule has 0 spiro atoms. The van der Waals surface area contributed by atoms with Crippen molar-refractivity contribution >= 4 is 26.7 Å². The number of benzene rings is 1. The Morgan fingerprint density at radius 3 is 2.38 bits per heavy atom. The molecule has 0 unspecified atom stereocenters. The second kappa shape index (κ2) is 6.45. The molecule has 138 valence electrons. The van der Waals surface area contributed by atoms with Crippen molar-refractivity contribution in [3.05, 3.63) is 50.9 Å². The first kappa shape index (κ1) is 17.9. The minimum atomic E-state index is -3.97. The van der Waals surface area contributed by atoms with E-state index in [1.54, 1.807) is 20.8 Å². The summed E-state index contributed by atoms with van der Waals surface area (Å²) >= 11 is 0. The molecule has 0 bridgehead atoms. The number of nitrogens with zero attached hydrogens (tertiary/aromatic N) is 3. The van der Waals surface area contributed by atoms with Gasteiger partial charge in [-0.15, -0.1) is 0 Å². The van der Waals surface area contributed by atoms with Crippen LogP contribution < -0.4 is 16.0 Å². The van der Waals surface area contributed by atoms with E-state index in [-0.39, 0.29) is 22.6 Å². The summed E-state index contributed by atoms with van der Waals surface area (Å²) in [6, 6.07) is 5.52. The van der Waals surface area contributed by atoms with Crippen LogP contribution in [0.25, 0.3) is 10.9 Å². The Labute approximate surface area is 148 Å². The van der Waals surface area contributed by atoms with Crippen molar-refractivity contribution in [2.45, 2.75) is 38.8 Å². The summed E-state index contributed by atoms with van der Waals surface area (Å²) < 4.78 is 34.8. The fourth-order valence-corrected chi connectivity index (χ4v) is 3.78. The molecule has 3 aromatic rings. The molecule has 2 heterocycles. The number of nitrogens with one attached hydrogen (secondary N) is 1. The lowest BCUT2D eigenvalue weighted by Crippen LogP contribution is -2.39. The largest absolute Gasteiger partial charge is 0.360 e. The number of aromatic nitrogens is 3. The van der Waals surface area contributed by atoms with Crippen LogP contribution in [0.5, 0.6) is 0 Å². The third kappa shape index (κ3) is 2.92. The number of aryl methyl sites for hydroxylation is 2. The van der Waals surface area contributed by atoms with Crippen molar-refractivity contribution < 1.29 is 12.9 Å². The van der Waals surface area contributed by atoms with E-state index in [0.29, 0.717) is 17.8 Å². The molecule has 1 aromatic carbocycles. The Kier molecular flexibility index (Phi) is 4.45. The highest BCUT2D eigenvalue weighted by Crippen LogP contribution is 2.19. The van der Waals surface area contributed by atoms with Gasteiger partial charge in [0.2, 0.25) is 0 Å². The van der Waals surface area contributed by atoms with E-state index in [1.165, 1.54) is 28.8 Å². The second-order valence-electron chi connectivity index (χ2n) is 5.68. The fraction of sp³-hybridized carbons (Fsp3) is 0.312. The highest BCUT2D eigenvalue weighted by molar-refractivity contribution is 7.92. The van der Waals surface area contributed by atoms with E-state index in [0.717, 1.165) is 4.57 Å². The van der Waals surface area contributed by atoms with Gasteiger partial charge in [-0.05, 0) is 39.0 Å². The predicted octanol–water partition coefficient (Wildman–Crippen LogP) is 1.30. The van der Waals surface area contributed by atoms with Gasteiger partial charge in [0.25, 0.3) is 15.6 Å². The van der Waals surface area contributed by atoms with Gasteiger partial charge in [-0.2, -0.15) is 0 Å². The number of hydrogen-bond acceptors (Lipinski definition) is 6. The molecule has 1 N–H and O–H groups in total. The van der Waals surface area contributed by atoms with Crippen LogP contribution in [0.3, 0.4) is 0 Å². The average molecular weight is 378 g/mol. The van der Waals surface area contributed by atoms with Crippen LogP contribution in [0.1, 0.15) is 19.6 Å². The van der Waals surface area contributed by atoms with Crippen LogP contribution in [-0.2, 0) is 23.1 Å². The van der Waals surface area contributed by atoms with E-state index in [4.69, 9.17) is 4.52 Å². The molecule has 0 aliphatic heterocycles. The Hall–Kier alpha value is -2.88. The van der Waals surface area contributed by atoms with Crippen molar-refractivity contribution in [2.24, 2.45) is 0 Å². The third-order valence-corrected chi connectivity index (χ3v) is 5.36. The van der Waals surface area contributed by atoms with Gasteiger partial charge in [0.05, 0.1) is 15.8 Å². The molecule has 0 fully saturated rings. The summed E-state index contributed by atoms with van der Waals surface area (Å²) in [5, 5.41) is 3.76. The molecule has 0 aliphatic carbocycles. The molecule has 0 saturated carbocycles. The first-order valence-corrected chi connectivity index (χ1v) is 9.50.